The molecular formula is C14H13ClO. The van der Waals surface area contributed by atoms with Gasteiger partial charge in [-0.3, -0.25) is 0 Å². The second kappa shape index (κ2) is 5.15. The standard InChI is InChI=1S/C14H13ClO/c15-10-14(16)13-8-6-12(7-9-13)11-4-2-1-3-5-11/h1-9,14,16H,10H2. The van der Waals surface area contributed by atoms with Crippen molar-refractivity contribution in [3.8, 4) is 11.1 Å². The SMILES string of the molecule is OC(CCl)c1ccc(-c2ccccc2)cc1. The van der Waals surface area contributed by atoms with Gasteiger partial charge in [0.25, 0.3) is 0 Å². The van der Waals surface area contributed by atoms with Gasteiger partial charge < -0.3 is 5.11 Å². The van der Waals surface area contributed by atoms with Crippen molar-refractivity contribution < 1.29 is 5.11 Å². The third kappa shape index (κ3) is 2.43. The van der Waals surface area contributed by atoms with Crippen molar-refractivity contribution in [3.63, 3.8) is 0 Å². The maximum absolute atomic E-state index is 9.56. The average molecular weight is 233 g/mol. The summed E-state index contributed by atoms with van der Waals surface area (Å²) < 4.78 is 0. The Bertz CT molecular complexity index is 436. The molecule has 2 aromatic rings. The number of aliphatic hydroxyl groups is 1. The summed E-state index contributed by atoms with van der Waals surface area (Å²) >= 11 is 5.59. The summed E-state index contributed by atoms with van der Waals surface area (Å²) in [7, 11) is 0. The number of rotatable bonds is 3. The Morgan fingerprint density at radius 3 is 2.00 bits per heavy atom. The van der Waals surface area contributed by atoms with Crippen LogP contribution in [-0.4, -0.2) is 11.0 Å². The van der Waals surface area contributed by atoms with Crippen LogP contribution in [0.3, 0.4) is 0 Å². The van der Waals surface area contributed by atoms with Crippen molar-refractivity contribution in [1.29, 1.82) is 0 Å². The zero-order chi connectivity index (χ0) is 11.4. The molecule has 0 amide bonds. The van der Waals surface area contributed by atoms with Gasteiger partial charge in [-0.15, -0.1) is 11.6 Å². The van der Waals surface area contributed by atoms with Crippen LogP contribution in [0.5, 0.6) is 0 Å². The highest BCUT2D eigenvalue weighted by atomic mass is 35.5. The lowest BCUT2D eigenvalue weighted by atomic mass is 10.0. The summed E-state index contributed by atoms with van der Waals surface area (Å²) in [6, 6.07) is 18.0. The number of halogens is 1. The normalized spacial score (nSPS) is 12.4. The summed E-state index contributed by atoms with van der Waals surface area (Å²) in [4.78, 5) is 0. The minimum atomic E-state index is -0.577. The lowest BCUT2D eigenvalue weighted by Crippen LogP contribution is -1.97. The molecular weight excluding hydrogens is 220 g/mol. The molecule has 1 nitrogen and oxygen atoms in total. The Hall–Kier alpha value is -1.31. The van der Waals surface area contributed by atoms with Crippen molar-refractivity contribution in [1.82, 2.24) is 0 Å². The second-order valence-corrected chi connectivity index (χ2v) is 3.97. The maximum atomic E-state index is 9.56. The first kappa shape index (κ1) is 11.2. The van der Waals surface area contributed by atoms with Crippen molar-refractivity contribution in [2.75, 3.05) is 5.88 Å². The fraction of sp³-hybridized carbons (Fsp3) is 0.143. The van der Waals surface area contributed by atoms with Crippen LogP contribution in [0.15, 0.2) is 54.6 Å². The van der Waals surface area contributed by atoms with Crippen LogP contribution >= 0.6 is 11.6 Å². The molecule has 0 aromatic heterocycles. The molecule has 0 fully saturated rings. The predicted octanol–water partition coefficient (Wildman–Crippen LogP) is 3.63. The fourth-order valence-electron chi connectivity index (χ4n) is 1.62. The molecule has 1 atom stereocenters. The topological polar surface area (TPSA) is 20.2 Å². The van der Waals surface area contributed by atoms with Gasteiger partial charge in [0.1, 0.15) is 0 Å². The third-order valence-electron chi connectivity index (χ3n) is 2.55. The molecule has 1 N–H and O–H groups in total. The van der Waals surface area contributed by atoms with E-state index in [0.29, 0.717) is 0 Å². The maximum Gasteiger partial charge on any atom is 0.0925 e. The molecule has 0 saturated heterocycles. The molecule has 2 aromatic carbocycles. The Labute approximate surface area is 100 Å². The molecule has 16 heavy (non-hydrogen) atoms. The summed E-state index contributed by atoms with van der Waals surface area (Å²) in [6.07, 6.45) is -0.577. The van der Waals surface area contributed by atoms with Crippen LogP contribution in [0.4, 0.5) is 0 Å². The van der Waals surface area contributed by atoms with Gasteiger partial charge in [0.2, 0.25) is 0 Å². The summed E-state index contributed by atoms with van der Waals surface area (Å²) in [6.45, 7) is 0. The van der Waals surface area contributed by atoms with Gasteiger partial charge in [-0.1, -0.05) is 54.6 Å². The molecule has 0 bridgehead atoms. The van der Waals surface area contributed by atoms with Gasteiger partial charge in [0.05, 0.1) is 12.0 Å². The van der Waals surface area contributed by atoms with Crippen LogP contribution in [0.1, 0.15) is 11.7 Å². The molecule has 0 aliphatic heterocycles. The monoisotopic (exact) mass is 232 g/mol. The van der Waals surface area contributed by atoms with E-state index >= 15 is 0 Å². The van der Waals surface area contributed by atoms with Crippen LogP contribution in [0, 0.1) is 0 Å². The van der Waals surface area contributed by atoms with Crippen LogP contribution in [0.2, 0.25) is 0 Å². The molecule has 0 radical (unpaired) electrons. The number of benzene rings is 2. The number of aliphatic hydroxyl groups excluding tert-OH is 1. The van der Waals surface area contributed by atoms with Crippen LogP contribution in [0.25, 0.3) is 11.1 Å². The molecule has 0 spiro atoms. The number of alkyl halides is 1. The van der Waals surface area contributed by atoms with Crippen LogP contribution in [-0.2, 0) is 0 Å². The molecule has 0 heterocycles. The Morgan fingerprint density at radius 1 is 0.875 bits per heavy atom. The molecule has 2 heteroatoms. The molecule has 0 aliphatic carbocycles. The Kier molecular flexibility index (Phi) is 3.60. The average Bonchev–Trinajstić information content (AvgIpc) is 2.39. The summed E-state index contributed by atoms with van der Waals surface area (Å²) in [5.41, 5.74) is 3.18. The minimum Gasteiger partial charge on any atom is -0.387 e. The van der Waals surface area contributed by atoms with E-state index in [-0.39, 0.29) is 5.88 Å². The first-order chi connectivity index (χ1) is 7.81. The van der Waals surface area contributed by atoms with Gasteiger partial charge >= 0.3 is 0 Å². The number of hydrogen-bond acceptors (Lipinski definition) is 1. The summed E-state index contributed by atoms with van der Waals surface area (Å²) in [5, 5.41) is 9.56. The van der Waals surface area contributed by atoms with Crippen molar-refractivity contribution in [2.24, 2.45) is 0 Å². The van der Waals surface area contributed by atoms with E-state index in [9.17, 15) is 5.11 Å². The van der Waals surface area contributed by atoms with Gasteiger partial charge in [-0.25, -0.2) is 0 Å². The third-order valence-corrected chi connectivity index (χ3v) is 2.84. The summed E-state index contributed by atoms with van der Waals surface area (Å²) in [5.74, 6) is 0.227. The van der Waals surface area contributed by atoms with Gasteiger partial charge in [0.15, 0.2) is 0 Å². The predicted molar refractivity (Wildman–Crippen MR) is 67.6 cm³/mol. The highest BCUT2D eigenvalue weighted by Gasteiger charge is 2.05. The lowest BCUT2D eigenvalue weighted by molar-refractivity contribution is 0.202. The van der Waals surface area contributed by atoms with E-state index in [1.807, 2.05) is 42.5 Å². The Morgan fingerprint density at radius 2 is 1.44 bits per heavy atom. The lowest BCUT2D eigenvalue weighted by Gasteiger charge is -2.08. The highest BCUT2D eigenvalue weighted by Crippen LogP contribution is 2.22. The zero-order valence-corrected chi connectivity index (χ0v) is 9.56. The molecule has 0 aliphatic rings. The molecule has 1 unspecified atom stereocenters. The second-order valence-electron chi connectivity index (χ2n) is 3.66. The smallest absolute Gasteiger partial charge is 0.0925 e. The van der Waals surface area contributed by atoms with Crippen molar-refractivity contribution in [2.45, 2.75) is 6.10 Å². The van der Waals surface area contributed by atoms with Gasteiger partial charge in [-0.2, -0.15) is 0 Å². The largest absolute Gasteiger partial charge is 0.387 e. The van der Waals surface area contributed by atoms with E-state index in [2.05, 4.69) is 12.1 Å². The zero-order valence-electron chi connectivity index (χ0n) is 8.81. The van der Waals surface area contributed by atoms with E-state index in [1.165, 1.54) is 5.56 Å². The van der Waals surface area contributed by atoms with Crippen molar-refractivity contribution in [3.05, 3.63) is 60.2 Å². The van der Waals surface area contributed by atoms with E-state index in [4.69, 9.17) is 11.6 Å². The van der Waals surface area contributed by atoms with E-state index in [0.717, 1.165) is 11.1 Å². The Balaban J connectivity index is 2.26. The highest BCUT2D eigenvalue weighted by molar-refractivity contribution is 6.18. The van der Waals surface area contributed by atoms with Crippen LogP contribution < -0.4 is 0 Å². The minimum absolute atomic E-state index is 0.227. The first-order valence-electron chi connectivity index (χ1n) is 5.20. The quantitative estimate of drug-likeness (QED) is 0.802. The molecule has 2 rings (SSSR count). The fourth-order valence-corrected chi connectivity index (χ4v) is 1.80. The first-order valence-corrected chi connectivity index (χ1v) is 5.74. The van der Waals surface area contributed by atoms with Gasteiger partial charge in [-0.05, 0) is 16.7 Å². The van der Waals surface area contributed by atoms with E-state index in [1.54, 1.807) is 0 Å². The van der Waals surface area contributed by atoms with Crippen molar-refractivity contribution >= 4 is 11.6 Å². The number of hydrogen-bond donors (Lipinski definition) is 1. The van der Waals surface area contributed by atoms with E-state index < -0.39 is 6.10 Å². The molecule has 0 saturated carbocycles. The van der Waals surface area contributed by atoms with Gasteiger partial charge in [0, 0.05) is 0 Å². The molecule has 82 valence electrons.